The summed E-state index contributed by atoms with van der Waals surface area (Å²) in [5.41, 5.74) is 0. The molecular formula is C38H62N6O14S. The first-order chi connectivity index (χ1) is 27.7. The van der Waals surface area contributed by atoms with Crippen LogP contribution in [0.2, 0.25) is 0 Å². The number of carbonyl (C=O) groups excluding carboxylic acids is 6. The van der Waals surface area contributed by atoms with Gasteiger partial charge < -0.3 is 52.3 Å². The van der Waals surface area contributed by atoms with Gasteiger partial charge in [-0.05, 0) is 43.4 Å². The van der Waals surface area contributed by atoms with Crippen LogP contribution in [0.15, 0.2) is 0 Å². The zero-order valence-electron chi connectivity index (χ0n) is 34.1. The topological polar surface area (TPSA) is 324 Å². The lowest BCUT2D eigenvalue weighted by Crippen LogP contribution is -2.61. The minimum Gasteiger partial charge on any atom is -0.481 e. The van der Waals surface area contributed by atoms with E-state index in [1.54, 1.807) is 27.7 Å². The van der Waals surface area contributed by atoms with E-state index in [0.29, 0.717) is 6.42 Å². The van der Waals surface area contributed by atoms with E-state index in [9.17, 15) is 63.3 Å². The van der Waals surface area contributed by atoms with E-state index >= 15 is 0 Å². The lowest BCUT2D eigenvalue weighted by molar-refractivity contribution is -0.142. The summed E-state index contributed by atoms with van der Waals surface area (Å²) in [7, 11) is 0. The molecule has 0 aromatic heterocycles. The molecule has 0 radical (unpaired) electrons. The molecule has 0 heterocycles. The number of thiol groups is 1. The van der Waals surface area contributed by atoms with Gasteiger partial charge in [0.2, 0.25) is 35.4 Å². The highest BCUT2D eigenvalue weighted by Gasteiger charge is 2.36. The van der Waals surface area contributed by atoms with Crippen molar-refractivity contribution in [1.82, 2.24) is 31.9 Å². The molecule has 0 spiro atoms. The Morgan fingerprint density at radius 2 is 1.02 bits per heavy atom. The van der Waals surface area contributed by atoms with Crippen molar-refractivity contribution in [1.29, 1.82) is 0 Å². The van der Waals surface area contributed by atoms with Crippen LogP contribution in [0.1, 0.15) is 118 Å². The summed E-state index contributed by atoms with van der Waals surface area (Å²) in [6.07, 6.45) is 1.88. The maximum absolute atomic E-state index is 14.0. The van der Waals surface area contributed by atoms with E-state index in [-0.39, 0.29) is 30.4 Å². The van der Waals surface area contributed by atoms with Crippen molar-refractivity contribution in [2.75, 3.05) is 5.75 Å². The van der Waals surface area contributed by atoms with E-state index in [0.717, 1.165) is 32.1 Å². The number of carboxylic acid groups (broad SMARTS) is 4. The molecule has 1 saturated carbocycles. The second kappa shape index (κ2) is 26.9. The van der Waals surface area contributed by atoms with Gasteiger partial charge in [0, 0.05) is 25.0 Å². The fraction of sp³-hybridized carbons (Fsp3) is 0.737. The summed E-state index contributed by atoms with van der Waals surface area (Å²) in [5, 5.41) is 51.9. The molecule has 0 saturated heterocycles. The fourth-order valence-electron chi connectivity index (χ4n) is 6.47. The number of carboxylic acids is 4. The van der Waals surface area contributed by atoms with E-state index in [2.05, 4.69) is 44.5 Å². The number of rotatable bonds is 28. The SMILES string of the molecule is CC[C@H](C)[C@H](NC(=O)[C@H](CC(C)C)NC(=O)[C@@H](CCC(=O)O)NC(=O)[C@H](CCC(=O)O)NC(=O)CCC(=O)O)C(=O)N[C@@H](CC1CCCCC1)C(=O)N[C@@H](CS)C(=O)O. The smallest absolute Gasteiger partial charge is 0.327 e. The zero-order valence-corrected chi connectivity index (χ0v) is 35.0. The van der Waals surface area contributed by atoms with E-state index < -0.39 is 140 Å². The van der Waals surface area contributed by atoms with Gasteiger partial charge in [0.05, 0.1) is 6.42 Å². The predicted octanol–water partition coefficient (Wildman–Crippen LogP) is 0.567. The molecule has 10 N–H and O–H groups in total. The number of hydrogen-bond donors (Lipinski definition) is 11. The molecule has 0 aromatic rings. The number of nitrogens with one attached hydrogen (secondary N) is 6. The molecule has 0 unspecified atom stereocenters. The van der Waals surface area contributed by atoms with Crippen molar-refractivity contribution in [3.8, 4) is 0 Å². The molecule has 334 valence electrons. The summed E-state index contributed by atoms with van der Waals surface area (Å²) in [6.45, 7) is 6.96. The highest BCUT2D eigenvalue weighted by Crippen LogP contribution is 2.27. The average Bonchev–Trinajstić information content (AvgIpc) is 3.16. The van der Waals surface area contributed by atoms with Gasteiger partial charge in [0.15, 0.2) is 0 Å². The number of amides is 6. The maximum atomic E-state index is 14.0. The molecule has 0 aromatic carbocycles. The van der Waals surface area contributed by atoms with Crippen LogP contribution in [0.4, 0.5) is 0 Å². The second-order valence-corrected chi connectivity index (χ2v) is 15.8. The van der Waals surface area contributed by atoms with Gasteiger partial charge in [-0.15, -0.1) is 0 Å². The second-order valence-electron chi connectivity index (χ2n) is 15.4. The minimum atomic E-state index is -1.61. The van der Waals surface area contributed by atoms with Crippen LogP contribution >= 0.6 is 12.6 Å². The van der Waals surface area contributed by atoms with Crippen molar-refractivity contribution in [3.05, 3.63) is 0 Å². The van der Waals surface area contributed by atoms with Gasteiger partial charge in [-0.1, -0.05) is 66.2 Å². The van der Waals surface area contributed by atoms with Crippen LogP contribution in [-0.4, -0.2) is 122 Å². The molecule has 7 atom stereocenters. The maximum Gasteiger partial charge on any atom is 0.327 e. The van der Waals surface area contributed by atoms with Crippen LogP contribution in [0.3, 0.4) is 0 Å². The molecular weight excluding hydrogens is 797 g/mol. The normalized spacial score (nSPS) is 16.4. The molecule has 1 fully saturated rings. The van der Waals surface area contributed by atoms with Crippen LogP contribution in [0.25, 0.3) is 0 Å². The molecule has 21 heteroatoms. The van der Waals surface area contributed by atoms with Crippen LogP contribution < -0.4 is 31.9 Å². The highest BCUT2D eigenvalue weighted by molar-refractivity contribution is 7.80. The van der Waals surface area contributed by atoms with E-state index in [1.165, 1.54) is 0 Å². The Kier molecular flexibility index (Phi) is 23.8. The van der Waals surface area contributed by atoms with Crippen LogP contribution in [-0.2, 0) is 47.9 Å². The molecule has 20 nitrogen and oxygen atoms in total. The van der Waals surface area contributed by atoms with Crippen molar-refractivity contribution in [2.24, 2.45) is 17.8 Å². The first-order valence-electron chi connectivity index (χ1n) is 20.0. The summed E-state index contributed by atoms with van der Waals surface area (Å²) in [4.78, 5) is 126. The predicted molar refractivity (Wildman–Crippen MR) is 214 cm³/mol. The third-order valence-corrected chi connectivity index (χ3v) is 10.4. The average molecular weight is 859 g/mol. The largest absolute Gasteiger partial charge is 0.481 e. The molecule has 0 aliphatic heterocycles. The molecule has 1 aliphatic rings. The molecule has 1 aliphatic carbocycles. The van der Waals surface area contributed by atoms with Crippen LogP contribution in [0.5, 0.6) is 0 Å². The highest BCUT2D eigenvalue weighted by atomic mass is 32.1. The molecule has 1 rings (SSSR count). The first kappa shape index (κ1) is 52.1. The third-order valence-electron chi connectivity index (χ3n) is 10.0. The van der Waals surface area contributed by atoms with E-state index in [4.69, 9.17) is 5.11 Å². The lowest BCUT2D eigenvalue weighted by Gasteiger charge is -2.31. The Labute approximate surface area is 348 Å². The summed E-state index contributed by atoms with van der Waals surface area (Å²) < 4.78 is 0. The van der Waals surface area contributed by atoms with Gasteiger partial charge in [-0.2, -0.15) is 12.6 Å². The summed E-state index contributed by atoms with van der Waals surface area (Å²) in [6, 6.07) is -8.18. The Morgan fingerprint density at radius 1 is 0.559 bits per heavy atom. The Bertz CT molecular complexity index is 1490. The van der Waals surface area contributed by atoms with Gasteiger partial charge in [0.25, 0.3) is 0 Å². The number of hydrogen-bond acceptors (Lipinski definition) is 11. The standard InChI is InChI=1S/C38H62N6O14S/c1-5-21(4)32(37(56)42-26(18-22-9-7-6-8-10-22)35(54)43-27(19-59)38(57)58)44-36(55)25(17-20(2)3)41-34(53)24(12-15-30(48)49)40-33(52)23(11-14-29(46)47)39-28(45)13-16-31(50)51/h20-27,32,59H,5-19H2,1-4H3,(H,39,45)(H,40,52)(H,41,53)(H,42,56)(H,43,54)(H,44,55)(H,46,47)(H,48,49)(H,50,51)(H,57,58)/t21-,23-,24+,25-,26-,27-,32-/m0/s1. The third kappa shape index (κ3) is 20.5. The van der Waals surface area contributed by atoms with Gasteiger partial charge >= 0.3 is 23.9 Å². The van der Waals surface area contributed by atoms with Gasteiger partial charge in [0.1, 0.15) is 36.3 Å². The molecule has 59 heavy (non-hydrogen) atoms. The minimum absolute atomic E-state index is 0.0138. The quantitative estimate of drug-likeness (QED) is 0.0480. The lowest BCUT2D eigenvalue weighted by atomic mass is 9.84. The van der Waals surface area contributed by atoms with Crippen molar-refractivity contribution < 1.29 is 68.4 Å². The Balaban J connectivity index is 3.37. The van der Waals surface area contributed by atoms with Crippen molar-refractivity contribution in [2.45, 2.75) is 154 Å². The summed E-state index contributed by atoms with van der Waals surface area (Å²) in [5.74, 6) is -11.3. The molecule has 0 bridgehead atoms. The number of carbonyl (C=O) groups is 10. The first-order valence-corrected chi connectivity index (χ1v) is 20.6. The van der Waals surface area contributed by atoms with E-state index in [1.807, 2.05) is 0 Å². The fourth-order valence-corrected chi connectivity index (χ4v) is 6.72. The van der Waals surface area contributed by atoms with Crippen LogP contribution in [0, 0.1) is 17.8 Å². The Hall–Kier alpha value is -4.95. The summed E-state index contributed by atoms with van der Waals surface area (Å²) >= 11 is 4.01. The molecule has 6 amide bonds. The van der Waals surface area contributed by atoms with Gasteiger partial charge in [-0.3, -0.25) is 43.2 Å². The van der Waals surface area contributed by atoms with Crippen molar-refractivity contribution >= 4 is 71.9 Å². The van der Waals surface area contributed by atoms with Gasteiger partial charge in [-0.25, -0.2) is 4.79 Å². The monoisotopic (exact) mass is 858 g/mol. The Morgan fingerprint density at radius 3 is 1.49 bits per heavy atom. The zero-order chi connectivity index (χ0) is 44.8. The number of aliphatic carboxylic acids is 4. The van der Waals surface area contributed by atoms with Crippen molar-refractivity contribution in [3.63, 3.8) is 0 Å².